The van der Waals surface area contributed by atoms with Gasteiger partial charge in [-0.15, -0.1) is 0 Å². The third-order valence-corrected chi connectivity index (χ3v) is 12.5. The van der Waals surface area contributed by atoms with Crippen LogP contribution in [0.5, 0.6) is 0 Å². The van der Waals surface area contributed by atoms with E-state index in [0.717, 1.165) is 102 Å². The molecule has 5 aliphatic rings. The molecule has 1 unspecified atom stereocenters. The molecule has 0 radical (unpaired) electrons. The number of nitrogens with one attached hydrogen (secondary N) is 3. The molecule has 3 aromatic rings. The highest BCUT2D eigenvalue weighted by Crippen LogP contribution is 2.32. The summed E-state index contributed by atoms with van der Waals surface area (Å²) < 4.78 is 0. The summed E-state index contributed by atoms with van der Waals surface area (Å²) in [5.41, 5.74) is 8.76. The van der Waals surface area contributed by atoms with Crippen LogP contribution >= 0.6 is 0 Å². The van der Waals surface area contributed by atoms with E-state index in [1.54, 1.807) is 23.5 Å². The first kappa shape index (κ1) is 39.9. The van der Waals surface area contributed by atoms with E-state index in [1.165, 1.54) is 5.56 Å². The largest absolute Gasteiger partial charge is 0.369 e. The van der Waals surface area contributed by atoms with Gasteiger partial charge in [-0.25, -0.2) is 24.7 Å². The number of aromatic nitrogens is 4. The summed E-state index contributed by atoms with van der Waals surface area (Å²) in [6, 6.07) is 7.75. The lowest BCUT2D eigenvalue weighted by Crippen LogP contribution is -2.52. The van der Waals surface area contributed by atoms with E-state index >= 15 is 0 Å². The molecular formula is C41H53N13O5. The fourth-order valence-electron chi connectivity index (χ4n) is 9.04. The standard InChI is InChI=1S/C41H53N13O5/c1-50-19-20-54(41(50)59)30-3-2-14-53(25-30)33-23-43-35(36(42)56)37(48-33)46-29-6-4-27(5-7-29)28-12-15-51(16-13-28)24-26-10-17-52(18-11-26)31-21-44-38(45-22-31)40(58)47-32-8-9-34(55)49-39(32)57/h4-7,21-23,26,28,30,32H,2-3,8-20,24-25H2,1H3,(H2,42,56)(H,46,48)(H,47,58)(H,49,55,57)/t30-,32?/m1/s1. The number of urea groups is 1. The van der Waals surface area contributed by atoms with Gasteiger partial charge in [-0.1, -0.05) is 12.1 Å². The first-order chi connectivity index (χ1) is 28.6. The Morgan fingerprint density at radius 3 is 2.27 bits per heavy atom. The van der Waals surface area contributed by atoms with Crippen molar-refractivity contribution in [2.75, 3.05) is 81.1 Å². The summed E-state index contributed by atoms with van der Waals surface area (Å²) >= 11 is 0. The number of imide groups is 1. The van der Waals surface area contributed by atoms with Gasteiger partial charge in [0.15, 0.2) is 11.5 Å². The molecule has 0 spiro atoms. The fraction of sp³-hybridized carbons (Fsp3) is 0.537. The molecule has 0 bridgehead atoms. The Hall–Kier alpha value is -5.91. The Morgan fingerprint density at radius 2 is 1.59 bits per heavy atom. The number of nitrogens with two attached hydrogens (primary N) is 1. The van der Waals surface area contributed by atoms with Gasteiger partial charge in [0, 0.05) is 65.0 Å². The molecule has 18 heteroatoms. The molecule has 5 N–H and O–H groups in total. The van der Waals surface area contributed by atoms with E-state index in [1.807, 2.05) is 24.1 Å². The van der Waals surface area contributed by atoms with Crippen molar-refractivity contribution in [3.8, 4) is 0 Å². The van der Waals surface area contributed by atoms with Crippen LogP contribution in [0.4, 0.5) is 27.8 Å². The SMILES string of the molecule is CN1CCN([C@@H]2CCCN(c3cnc(C(N)=O)c(Nc4ccc(C5CCN(CC6CCN(c7cnc(C(=O)NC8CCC(=O)NC8=O)nc7)CC6)CC5)cc4)n3)C2)C1=O. The van der Waals surface area contributed by atoms with Gasteiger partial charge < -0.3 is 40.9 Å². The summed E-state index contributed by atoms with van der Waals surface area (Å²) in [4.78, 5) is 89.5. The number of nitrogens with zero attached hydrogens (tertiary/aromatic N) is 9. The summed E-state index contributed by atoms with van der Waals surface area (Å²) in [5, 5.41) is 8.16. The van der Waals surface area contributed by atoms with E-state index < -0.39 is 23.8 Å². The van der Waals surface area contributed by atoms with Gasteiger partial charge >= 0.3 is 6.03 Å². The molecule has 5 saturated heterocycles. The zero-order valence-corrected chi connectivity index (χ0v) is 33.5. The Labute approximate surface area is 343 Å². The van der Waals surface area contributed by atoms with Gasteiger partial charge in [0.2, 0.25) is 17.6 Å². The molecule has 8 rings (SSSR count). The molecule has 2 aromatic heterocycles. The molecule has 18 nitrogen and oxygen atoms in total. The van der Waals surface area contributed by atoms with Crippen LogP contribution in [0.2, 0.25) is 0 Å². The van der Waals surface area contributed by atoms with E-state index in [9.17, 15) is 24.0 Å². The number of amides is 6. The number of primary amides is 1. The van der Waals surface area contributed by atoms with Crippen molar-refractivity contribution in [2.24, 2.45) is 11.7 Å². The maximum absolute atomic E-state index is 12.7. The second-order valence-electron chi connectivity index (χ2n) is 16.4. The van der Waals surface area contributed by atoms with Crippen LogP contribution in [0.1, 0.15) is 84.0 Å². The quantitative estimate of drug-likeness (QED) is 0.205. The number of carbonyl (C=O) groups is 5. The molecule has 5 fully saturated rings. The van der Waals surface area contributed by atoms with Gasteiger partial charge in [0.05, 0.1) is 30.3 Å². The van der Waals surface area contributed by atoms with Gasteiger partial charge in [-0.2, -0.15) is 0 Å². The maximum Gasteiger partial charge on any atom is 0.320 e. The number of likely N-dealkylation sites (N-methyl/N-ethyl adjacent to an activating group) is 1. The average Bonchev–Trinajstić information content (AvgIpc) is 3.59. The van der Waals surface area contributed by atoms with Crippen LogP contribution in [-0.4, -0.2) is 142 Å². The molecule has 0 aliphatic carbocycles. The number of piperidine rings is 4. The summed E-state index contributed by atoms with van der Waals surface area (Å²) in [6.45, 7) is 7.85. The van der Waals surface area contributed by atoms with E-state index in [4.69, 9.17) is 10.7 Å². The molecule has 6 amide bonds. The van der Waals surface area contributed by atoms with E-state index in [2.05, 4.69) is 57.7 Å². The number of benzene rings is 1. The lowest BCUT2D eigenvalue weighted by molar-refractivity contribution is -0.134. The van der Waals surface area contributed by atoms with Crippen LogP contribution in [0.25, 0.3) is 0 Å². The number of carbonyl (C=O) groups excluding carboxylic acids is 5. The van der Waals surface area contributed by atoms with Crippen LogP contribution in [0.15, 0.2) is 42.9 Å². The van der Waals surface area contributed by atoms with Crippen LogP contribution in [0, 0.1) is 5.92 Å². The monoisotopic (exact) mass is 807 g/mol. The topological polar surface area (TPSA) is 215 Å². The molecule has 7 heterocycles. The van der Waals surface area contributed by atoms with E-state index in [0.29, 0.717) is 30.0 Å². The normalized spacial score (nSPS) is 22.4. The smallest absolute Gasteiger partial charge is 0.320 e. The third-order valence-electron chi connectivity index (χ3n) is 12.5. The van der Waals surface area contributed by atoms with E-state index in [-0.39, 0.29) is 42.3 Å². The minimum Gasteiger partial charge on any atom is -0.369 e. The number of hydrogen-bond donors (Lipinski definition) is 4. The Bertz CT molecular complexity index is 2030. The van der Waals surface area contributed by atoms with Gasteiger partial charge in [0.25, 0.3) is 11.8 Å². The lowest BCUT2D eigenvalue weighted by Gasteiger charge is -2.38. The highest BCUT2D eigenvalue weighted by molar-refractivity contribution is 6.03. The first-order valence-corrected chi connectivity index (χ1v) is 20.8. The molecular weight excluding hydrogens is 755 g/mol. The van der Waals surface area contributed by atoms with Gasteiger partial charge in [0.1, 0.15) is 11.9 Å². The van der Waals surface area contributed by atoms with Gasteiger partial charge in [-0.3, -0.25) is 24.5 Å². The Kier molecular flexibility index (Phi) is 11.8. The van der Waals surface area contributed by atoms with Crippen LogP contribution < -0.4 is 31.5 Å². The molecule has 1 aromatic carbocycles. The van der Waals surface area contributed by atoms with Crippen molar-refractivity contribution in [1.82, 2.24) is 45.3 Å². The van der Waals surface area contributed by atoms with Crippen molar-refractivity contribution in [2.45, 2.75) is 69.4 Å². The minimum atomic E-state index is -0.771. The summed E-state index contributed by atoms with van der Waals surface area (Å²) in [7, 11) is 1.83. The predicted octanol–water partition coefficient (Wildman–Crippen LogP) is 2.08. The number of likely N-dealkylation sites (tertiary alicyclic amines) is 1. The summed E-state index contributed by atoms with van der Waals surface area (Å²) in [5.74, 6) is -0.00329. The molecule has 59 heavy (non-hydrogen) atoms. The average molecular weight is 808 g/mol. The van der Waals surface area contributed by atoms with Crippen molar-refractivity contribution in [3.63, 3.8) is 0 Å². The van der Waals surface area contributed by atoms with Crippen molar-refractivity contribution >= 4 is 52.7 Å². The second-order valence-corrected chi connectivity index (χ2v) is 16.4. The third kappa shape index (κ3) is 9.22. The first-order valence-electron chi connectivity index (χ1n) is 20.8. The van der Waals surface area contributed by atoms with Crippen LogP contribution in [-0.2, 0) is 9.59 Å². The minimum absolute atomic E-state index is 0.00626. The summed E-state index contributed by atoms with van der Waals surface area (Å²) in [6.07, 6.45) is 11.5. The van der Waals surface area contributed by atoms with Crippen molar-refractivity contribution < 1.29 is 24.0 Å². The van der Waals surface area contributed by atoms with Gasteiger partial charge in [-0.05, 0) is 87.6 Å². The maximum atomic E-state index is 12.7. The highest BCUT2D eigenvalue weighted by atomic mass is 16.2. The van der Waals surface area contributed by atoms with Crippen molar-refractivity contribution in [1.29, 1.82) is 0 Å². The zero-order valence-electron chi connectivity index (χ0n) is 33.5. The lowest BCUT2D eigenvalue weighted by atomic mass is 9.88. The molecule has 2 atom stereocenters. The second kappa shape index (κ2) is 17.5. The zero-order chi connectivity index (χ0) is 41.0. The fourth-order valence-corrected chi connectivity index (χ4v) is 9.04. The number of hydrogen-bond acceptors (Lipinski definition) is 13. The predicted molar refractivity (Wildman–Crippen MR) is 219 cm³/mol. The Balaban J connectivity index is 0.789. The molecule has 312 valence electrons. The van der Waals surface area contributed by atoms with Crippen LogP contribution in [0.3, 0.4) is 0 Å². The van der Waals surface area contributed by atoms with Crippen molar-refractivity contribution in [3.05, 3.63) is 59.9 Å². The molecule has 5 aliphatic heterocycles. The number of anilines is 4. The number of rotatable bonds is 11. The Morgan fingerprint density at radius 1 is 0.847 bits per heavy atom. The highest BCUT2D eigenvalue weighted by Gasteiger charge is 2.35. The molecule has 0 saturated carbocycles.